The van der Waals surface area contributed by atoms with Gasteiger partial charge in [0.05, 0.1) is 17.1 Å². The van der Waals surface area contributed by atoms with Crippen LogP contribution in [0.1, 0.15) is 42.9 Å². The molecule has 1 atom stereocenters. The van der Waals surface area contributed by atoms with Gasteiger partial charge < -0.3 is 10.4 Å². The molecule has 0 aliphatic heterocycles. The van der Waals surface area contributed by atoms with Gasteiger partial charge in [-0.1, -0.05) is 25.1 Å². The van der Waals surface area contributed by atoms with Crippen molar-refractivity contribution >= 4 is 11.6 Å². The number of pyridine rings is 1. The van der Waals surface area contributed by atoms with E-state index in [4.69, 9.17) is 0 Å². The van der Waals surface area contributed by atoms with Gasteiger partial charge in [-0.25, -0.2) is 14.6 Å². The van der Waals surface area contributed by atoms with Gasteiger partial charge >= 0.3 is 0 Å². The molecule has 0 saturated carbocycles. The van der Waals surface area contributed by atoms with Crippen molar-refractivity contribution < 1.29 is 9.90 Å². The number of carbonyl (C=O) groups excluding carboxylic acids is 1. The fourth-order valence-corrected chi connectivity index (χ4v) is 3.57. The molecule has 0 radical (unpaired) electrons. The first-order chi connectivity index (χ1) is 16.8. The molecule has 1 unspecified atom stereocenters. The summed E-state index contributed by atoms with van der Waals surface area (Å²) in [6.07, 6.45) is 5.80. The van der Waals surface area contributed by atoms with Crippen LogP contribution in [0.2, 0.25) is 0 Å². The Labute approximate surface area is 203 Å². The third-order valence-corrected chi connectivity index (χ3v) is 5.56. The molecule has 3 heterocycles. The zero-order valence-electron chi connectivity index (χ0n) is 20.1. The van der Waals surface area contributed by atoms with Crippen LogP contribution in [-0.2, 0) is 11.3 Å². The summed E-state index contributed by atoms with van der Waals surface area (Å²) in [6.45, 7) is 6.14. The number of hydrogen-bond acceptors (Lipinski definition) is 8. The Morgan fingerprint density at radius 2 is 1.89 bits per heavy atom. The highest BCUT2D eigenvalue weighted by molar-refractivity contribution is 5.91. The molecule has 0 fully saturated rings. The average Bonchev–Trinajstić information content (AvgIpc) is 3.33. The molecule has 0 saturated heterocycles. The molecule has 4 rings (SSSR count). The normalized spacial score (nSPS) is 12.1. The number of aromatic nitrogens is 6. The summed E-state index contributed by atoms with van der Waals surface area (Å²) in [5.41, 5.74) is 6.27. The van der Waals surface area contributed by atoms with Crippen molar-refractivity contribution in [3.63, 3.8) is 0 Å². The van der Waals surface area contributed by atoms with E-state index in [-0.39, 0.29) is 18.4 Å². The first kappa shape index (κ1) is 24.1. The second-order valence-corrected chi connectivity index (χ2v) is 8.56. The molecule has 180 valence electrons. The first-order valence-corrected chi connectivity index (χ1v) is 11.3. The van der Waals surface area contributed by atoms with Crippen molar-refractivity contribution in [2.24, 2.45) is 0 Å². The lowest BCUT2D eigenvalue weighted by Crippen LogP contribution is -2.19. The van der Waals surface area contributed by atoms with Gasteiger partial charge in [0.25, 0.3) is 0 Å². The molecule has 3 N–H and O–H groups in total. The van der Waals surface area contributed by atoms with Crippen LogP contribution >= 0.6 is 0 Å². The molecule has 0 spiro atoms. The Morgan fingerprint density at radius 3 is 2.63 bits per heavy atom. The maximum Gasteiger partial charge on any atom is 0.246 e. The van der Waals surface area contributed by atoms with Crippen molar-refractivity contribution in [1.29, 1.82) is 0 Å². The Bertz CT molecular complexity index is 1330. The van der Waals surface area contributed by atoms with E-state index in [2.05, 4.69) is 35.9 Å². The lowest BCUT2D eigenvalue weighted by atomic mass is 9.99. The molecule has 0 bridgehead atoms. The van der Waals surface area contributed by atoms with E-state index < -0.39 is 6.23 Å². The quantitative estimate of drug-likeness (QED) is 0.334. The number of aryl methyl sites for hydroxylation is 1. The van der Waals surface area contributed by atoms with Crippen molar-refractivity contribution in [2.75, 3.05) is 12.4 Å². The van der Waals surface area contributed by atoms with E-state index in [1.165, 1.54) is 11.0 Å². The van der Waals surface area contributed by atoms with E-state index >= 15 is 0 Å². The van der Waals surface area contributed by atoms with Crippen molar-refractivity contribution in [2.45, 2.75) is 39.5 Å². The van der Waals surface area contributed by atoms with Gasteiger partial charge in [-0.05, 0) is 55.3 Å². The number of amides is 1. The highest BCUT2D eigenvalue weighted by Crippen LogP contribution is 2.29. The summed E-state index contributed by atoms with van der Waals surface area (Å²) in [5.74, 6) is 0.0571. The highest BCUT2D eigenvalue weighted by Gasteiger charge is 2.13. The van der Waals surface area contributed by atoms with E-state index in [0.29, 0.717) is 17.1 Å². The molecule has 10 nitrogen and oxygen atoms in total. The van der Waals surface area contributed by atoms with Crippen LogP contribution < -0.4 is 10.6 Å². The molecular weight excluding hydrogens is 444 g/mol. The summed E-state index contributed by atoms with van der Waals surface area (Å²) in [6, 6.07) is 9.44. The number of hydrogen-bond donors (Lipinski definition) is 3. The zero-order chi connectivity index (χ0) is 24.9. The molecular formula is C25H28N8O2. The SMILES string of the molecule is CNC(O)c1cc(-c2cncc(-c3cc(NC(=O)Cn4cc(C(C)C)nn4)ccc3C)c2)ncn1. The monoisotopic (exact) mass is 472 g/mol. The van der Waals surface area contributed by atoms with Crippen molar-refractivity contribution in [3.8, 4) is 22.4 Å². The maximum absolute atomic E-state index is 12.6. The van der Waals surface area contributed by atoms with Crippen LogP contribution in [-0.4, -0.2) is 48.0 Å². The van der Waals surface area contributed by atoms with Gasteiger partial charge in [-0.3, -0.25) is 15.1 Å². The number of benzene rings is 1. The fourth-order valence-electron chi connectivity index (χ4n) is 3.57. The Kier molecular flexibility index (Phi) is 7.23. The Balaban J connectivity index is 1.55. The van der Waals surface area contributed by atoms with Crippen molar-refractivity contribution in [3.05, 3.63) is 72.2 Å². The van der Waals surface area contributed by atoms with Gasteiger partial charge in [0.1, 0.15) is 19.1 Å². The van der Waals surface area contributed by atoms with Crippen LogP contribution in [0.5, 0.6) is 0 Å². The molecule has 35 heavy (non-hydrogen) atoms. The maximum atomic E-state index is 12.6. The zero-order valence-corrected chi connectivity index (χ0v) is 20.1. The molecule has 10 heteroatoms. The summed E-state index contributed by atoms with van der Waals surface area (Å²) in [7, 11) is 1.65. The van der Waals surface area contributed by atoms with Crippen molar-refractivity contribution in [1.82, 2.24) is 35.3 Å². The largest absolute Gasteiger partial charge is 0.373 e. The lowest BCUT2D eigenvalue weighted by Gasteiger charge is -2.12. The van der Waals surface area contributed by atoms with E-state index in [1.807, 2.05) is 45.0 Å². The van der Waals surface area contributed by atoms with E-state index in [9.17, 15) is 9.90 Å². The number of rotatable bonds is 8. The van der Waals surface area contributed by atoms with Crippen LogP contribution in [0.4, 0.5) is 5.69 Å². The van der Waals surface area contributed by atoms with E-state index in [0.717, 1.165) is 27.9 Å². The predicted octanol–water partition coefficient (Wildman–Crippen LogP) is 3.08. The first-order valence-electron chi connectivity index (χ1n) is 11.3. The number of aliphatic hydroxyl groups excluding tert-OH is 1. The minimum absolute atomic E-state index is 0.0779. The third-order valence-electron chi connectivity index (χ3n) is 5.56. The molecule has 3 aromatic heterocycles. The van der Waals surface area contributed by atoms with Crippen LogP contribution in [0.3, 0.4) is 0 Å². The second-order valence-electron chi connectivity index (χ2n) is 8.56. The molecule has 4 aromatic rings. The van der Waals surface area contributed by atoms with Crippen LogP contribution in [0, 0.1) is 6.92 Å². The lowest BCUT2D eigenvalue weighted by molar-refractivity contribution is -0.116. The fraction of sp³-hybridized carbons (Fsp3) is 0.280. The molecule has 1 amide bonds. The average molecular weight is 473 g/mol. The smallest absolute Gasteiger partial charge is 0.246 e. The summed E-state index contributed by atoms with van der Waals surface area (Å²) >= 11 is 0. The van der Waals surface area contributed by atoms with Gasteiger partial charge in [0.2, 0.25) is 5.91 Å². The third kappa shape index (κ3) is 5.73. The highest BCUT2D eigenvalue weighted by atomic mass is 16.3. The minimum atomic E-state index is -0.884. The number of carbonyl (C=O) groups is 1. The predicted molar refractivity (Wildman–Crippen MR) is 132 cm³/mol. The second kappa shape index (κ2) is 10.5. The summed E-state index contributed by atoms with van der Waals surface area (Å²) in [4.78, 5) is 25.4. The van der Waals surface area contributed by atoms with Gasteiger partial charge in [0, 0.05) is 35.4 Å². The molecule has 0 aliphatic rings. The summed E-state index contributed by atoms with van der Waals surface area (Å²) < 4.78 is 1.54. The number of aliphatic hydroxyl groups is 1. The number of nitrogens with zero attached hydrogens (tertiary/aromatic N) is 6. The molecule has 0 aliphatic carbocycles. The van der Waals surface area contributed by atoms with Gasteiger partial charge in [0.15, 0.2) is 0 Å². The summed E-state index contributed by atoms with van der Waals surface area (Å²) in [5, 5.41) is 23.8. The minimum Gasteiger partial charge on any atom is -0.373 e. The van der Waals surface area contributed by atoms with Gasteiger partial charge in [-0.2, -0.15) is 0 Å². The van der Waals surface area contributed by atoms with Crippen LogP contribution in [0.15, 0.2) is 55.2 Å². The topological polar surface area (TPSA) is 131 Å². The molecule has 1 aromatic carbocycles. The number of anilines is 1. The Hall–Kier alpha value is -4.02. The number of nitrogens with one attached hydrogen (secondary N) is 2. The van der Waals surface area contributed by atoms with Crippen LogP contribution in [0.25, 0.3) is 22.4 Å². The standard InChI is InChI=1S/C25H28N8O2/c1-15(2)23-12-33(32-31-23)13-24(34)30-19-6-5-16(3)20(8-19)17-7-18(11-27-10-17)21-9-22(25(35)26-4)29-14-28-21/h5-12,14-15,25-26,35H,13H2,1-4H3,(H,30,34). The van der Waals surface area contributed by atoms with E-state index in [1.54, 1.807) is 31.7 Å². The van der Waals surface area contributed by atoms with Gasteiger partial charge in [-0.15, -0.1) is 5.10 Å². The Morgan fingerprint density at radius 1 is 1.09 bits per heavy atom.